The van der Waals surface area contributed by atoms with Crippen molar-refractivity contribution in [2.45, 2.75) is 47.5 Å². The average Bonchev–Trinajstić information content (AvgIpc) is 2.30. The summed E-state index contributed by atoms with van der Waals surface area (Å²) in [5.41, 5.74) is 0. The van der Waals surface area contributed by atoms with E-state index >= 15 is 0 Å². The zero-order valence-electron chi connectivity index (χ0n) is 13.5. The third-order valence-electron chi connectivity index (χ3n) is 3.06. The molecule has 0 radical (unpaired) electrons. The van der Waals surface area contributed by atoms with Crippen LogP contribution in [0.2, 0.25) is 0 Å². The van der Waals surface area contributed by atoms with Crippen LogP contribution in [0, 0.1) is 17.8 Å². The van der Waals surface area contributed by atoms with Crippen molar-refractivity contribution in [2.24, 2.45) is 17.8 Å². The van der Waals surface area contributed by atoms with E-state index in [1.54, 1.807) is 4.90 Å². The van der Waals surface area contributed by atoms with Crippen molar-refractivity contribution in [3.63, 3.8) is 0 Å². The van der Waals surface area contributed by atoms with Crippen LogP contribution in [-0.2, 0) is 4.79 Å². The van der Waals surface area contributed by atoms with E-state index in [-0.39, 0.29) is 18.4 Å². The quantitative estimate of drug-likeness (QED) is 0.684. The fourth-order valence-electron chi connectivity index (χ4n) is 2.29. The van der Waals surface area contributed by atoms with Crippen LogP contribution in [0.25, 0.3) is 0 Å². The minimum Gasteiger partial charge on any atom is -0.481 e. The van der Waals surface area contributed by atoms with Crippen molar-refractivity contribution >= 4 is 12.0 Å². The van der Waals surface area contributed by atoms with Crippen LogP contribution in [0.1, 0.15) is 47.5 Å². The molecule has 0 aliphatic carbocycles. The molecule has 0 fully saturated rings. The van der Waals surface area contributed by atoms with E-state index in [0.29, 0.717) is 24.9 Å². The molecular formula is C15H30N2O3. The molecule has 0 unspecified atom stereocenters. The molecule has 0 bridgehead atoms. The van der Waals surface area contributed by atoms with Gasteiger partial charge in [-0.05, 0) is 31.1 Å². The van der Waals surface area contributed by atoms with Gasteiger partial charge in [0.2, 0.25) is 0 Å². The molecule has 118 valence electrons. The van der Waals surface area contributed by atoms with Gasteiger partial charge in [0.05, 0.1) is 0 Å². The Hall–Kier alpha value is -1.26. The van der Waals surface area contributed by atoms with Gasteiger partial charge in [0, 0.05) is 26.1 Å². The van der Waals surface area contributed by atoms with Crippen molar-refractivity contribution < 1.29 is 14.7 Å². The van der Waals surface area contributed by atoms with Crippen molar-refractivity contribution in [1.82, 2.24) is 10.2 Å². The fourth-order valence-corrected chi connectivity index (χ4v) is 2.29. The predicted molar refractivity (Wildman–Crippen MR) is 80.7 cm³/mol. The zero-order chi connectivity index (χ0) is 15.7. The number of carboxylic acid groups (broad SMARTS) is 1. The number of nitrogens with one attached hydrogen (secondary N) is 1. The molecule has 5 nitrogen and oxygen atoms in total. The third-order valence-corrected chi connectivity index (χ3v) is 3.06. The van der Waals surface area contributed by atoms with Gasteiger partial charge in [0.25, 0.3) is 0 Å². The second kappa shape index (κ2) is 9.61. The first-order valence-electron chi connectivity index (χ1n) is 7.50. The maximum Gasteiger partial charge on any atom is 0.317 e. The maximum absolute atomic E-state index is 12.1. The van der Waals surface area contributed by atoms with E-state index in [2.05, 4.69) is 33.0 Å². The second-order valence-corrected chi connectivity index (χ2v) is 6.21. The number of carbonyl (C=O) groups is 2. The molecular weight excluding hydrogens is 256 g/mol. The maximum atomic E-state index is 12.1. The zero-order valence-corrected chi connectivity index (χ0v) is 13.5. The van der Waals surface area contributed by atoms with E-state index in [0.717, 1.165) is 13.0 Å². The number of aliphatic carboxylic acids is 1. The van der Waals surface area contributed by atoms with Crippen LogP contribution in [0.4, 0.5) is 4.79 Å². The number of carboxylic acids is 1. The van der Waals surface area contributed by atoms with E-state index in [4.69, 9.17) is 5.11 Å². The van der Waals surface area contributed by atoms with E-state index in [1.165, 1.54) is 0 Å². The lowest BCUT2D eigenvalue weighted by Gasteiger charge is -2.25. The topological polar surface area (TPSA) is 69.6 Å². The summed E-state index contributed by atoms with van der Waals surface area (Å²) >= 11 is 0. The summed E-state index contributed by atoms with van der Waals surface area (Å²) in [7, 11) is 0. The highest BCUT2D eigenvalue weighted by atomic mass is 16.4. The lowest BCUT2D eigenvalue weighted by Crippen LogP contribution is -2.43. The molecule has 0 aromatic rings. The Morgan fingerprint density at radius 1 is 1.15 bits per heavy atom. The number of nitrogens with zero attached hydrogens (tertiary/aromatic N) is 1. The minimum absolute atomic E-state index is 0.00536. The van der Waals surface area contributed by atoms with Crippen molar-refractivity contribution in [3.05, 3.63) is 0 Å². The smallest absolute Gasteiger partial charge is 0.317 e. The van der Waals surface area contributed by atoms with Gasteiger partial charge in [-0.3, -0.25) is 4.79 Å². The molecule has 0 aliphatic heterocycles. The molecule has 2 amide bonds. The molecule has 1 atom stereocenters. The molecule has 5 heteroatoms. The summed E-state index contributed by atoms with van der Waals surface area (Å²) < 4.78 is 0. The molecule has 0 rings (SSSR count). The van der Waals surface area contributed by atoms with Gasteiger partial charge >= 0.3 is 12.0 Å². The number of carbonyl (C=O) groups excluding carboxylic acids is 1. The Balaban J connectivity index is 4.36. The van der Waals surface area contributed by atoms with Crippen LogP contribution in [-0.4, -0.2) is 41.6 Å². The Morgan fingerprint density at radius 2 is 1.75 bits per heavy atom. The first-order valence-corrected chi connectivity index (χ1v) is 7.50. The normalized spacial score (nSPS) is 12.6. The highest BCUT2D eigenvalue weighted by Crippen LogP contribution is 2.15. The lowest BCUT2D eigenvalue weighted by atomic mass is 9.94. The second-order valence-electron chi connectivity index (χ2n) is 6.21. The Labute approximate surface area is 122 Å². The molecule has 0 aliphatic rings. The summed E-state index contributed by atoms with van der Waals surface area (Å²) in [6, 6.07) is -0.0969. The van der Waals surface area contributed by atoms with Crippen molar-refractivity contribution in [3.8, 4) is 0 Å². The van der Waals surface area contributed by atoms with Crippen LogP contribution in [0.15, 0.2) is 0 Å². The van der Waals surface area contributed by atoms with Crippen molar-refractivity contribution in [1.29, 1.82) is 0 Å². The van der Waals surface area contributed by atoms with Gasteiger partial charge in [0.15, 0.2) is 0 Å². The van der Waals surface area contributed by atoms with Crippen LogP contribution < -0.4 is 5.32 Å². The molecule has 0 saturated carbocycles. The number of hydrogen-bond acceptors (Lipinski definition) is 2. The van der Waals surface area contributed by atoms with Crippen LogP contribution in [0.3, 0.4) is 0 Å². The fraction of sp³-hybridized carbons (Fsp3) is 0.867. The summed E-state index contributed by atoms with van der Waals surface area (Å²) in [5.74, 6) is 0.0361. The van der Waals surface area contributed by atoms with Crippen molar-refractivity contribution in [2.75, 3.05) is 19.6 Å². The lowest BCUT2D eigenvalue weighted by molar-refractivity contribution is -0.138. The van der Waals surface area contributed by atoms with E-state index in [1.807, 2.05) is 6.92 Å². The third kappa shape index (κ3) is 8.77. The summed E-state index contributed by atoms with van der Waals surface area (Å²) in [5, 5.41) is 11.8. The molecule has 0 spiro atoms. The standard InChI is InChI=1S/C15H30N2O3/c1-6-17(10-12(4)5)15(20)16-9-13(7-11(2)3)8-14(18)19/h11-13H,6-10H2,1-5H3,(H,16,20)(H,18,19)/t13-/m0/s1. The van der Waals surface area contributed by atoms with Crippen LogP contribution >= 0.6 is 0 Å². The van der Waals surface area contributed by atoms with Gasteiger partial charge in [-0.2, -0.15) is 0 Å². The molecule has 0 heterocycles. The van der Waals surface area contributed by atoms with Gasteiger partial charge in [-0.25, -0.2) is 4.79 Å². The van der Waals surface area contributed by atoms with E-state index in [9.17, 15) is 9.59 Å². The average molecular weight is 286 g/mol. The highest BCUT2D eigenvalue weighted by molar-refractivity contribution is 5.74. The predicted octanol–water partition coefficient (Wildman–Crippen LogP) is 2.81. The molecule has 0 saturated heterocycles. The Kier molecular flexibility index (Phi) is 9.01. The van der Waals surface area contributed by atoms with E-state index < -0.39 is 5.97 Å². The van der Waals surface area contributed by atoms with Gasteiger partial charge in [-0.15, -0.1) is 0 Å². The van der Waals surface area contributed by atoms with Gasteiger partial charge < -0.3 is 15.3 Å². The summed E-state index contributed by atoms with van der Waals surface area (Å²) in [6.45, 7) is 12.0. The first kappa shape index (κ1) is 18.7. The van der Waals surface area contributed by atoms with Gasteiger partial charge in [-0.1, -0.05) is 27.7 Å². The molecule has 0 aromatic carbocycles. The number of urea groups is 1. The SMILES string of the molecule is CCN(CC(C)C)C(=O)NC[C@H](CC(=O)O)CC(C)C. The molecule has 0 aromatic heterocycles. The van der Waals surface area contributed by atoms with Crippen LogP contribution in [0.5, 0.6) is 0 Å². The summed E-state index contributed by atoms with van der Waals surface area (Å²) in [6.07, 6.45) is 0.914. The Bertz CT molecular complexity index is 303. The van der Waals surface area contributed by atoms with Gasteiger partial charge in [0.1, 0.15) is 0 Å². The molecule has 2 N–H and O–H groups in total. The number of rotatable bonds is 9. The number of amides is 2. The monoisotopic (exact) mass is 286 g/mol. The highest BCUT2D eigenvalue weighted by Gasteiger charge is 2.18. The largest absolute Gasteiger partial charge is 0.481 e. The Morgan fingerprint density at radius 3 is 2.15 bits per heavy atom. The minimum atomic E-state index is -0.806. The molecule has 20 heavy (non-hydrogen) atoms. The number of hydrogen-bond donors (Lipinski definition) is 2. The summed E-state index contributed by atoms with van der Waals surface area (Å²) in [4.78, 5) is 24.7. The first-order chi connectivity index (χ1) is 9.26.